The number of rotatable bonds is 3. The number of amides is 1. The molecule has 1 amide bonds. The van der Waals surface area contributed by atoms with Gasteiger partial charge in [0.05, 0.1) is 11.2 Å². The van der Waals surface area contributed by atoms with Gasteiger partial charge in [-0.3, -0.25) is 4.79 Å². The smallest absolute Gasteiger partial charge is 0.399 e. The largest absolute Gasteiger partial charge is 0.494 e. The van der Waals surface area contributed by atoms with Crippen LogP contribution < -0.4 is 11.2 Å². The van der Waals surface area contributed by atoms with Crippen LogP contribution in [0.5, 0.6) is 0 Å². The van der Waals surface area contributed by atoms with Crippen molar-refractivity contribution in [1.82, 2.24) is 0 Å². The third kappa shape index (κ3) is 2.59. The summed E-state index contributed by atoms with van der Waals surface area (Å²) in [5, 5.41) is 9.71. The van der Waals surface area contributed by atoms with Gasteiger partial charge in [-0.25, -0.2) is 0 Å². The number of carbonyl (C=O) groups excluding carboxylic acids is 1. The number of aliphatic hydroxyl groups excluding tert-OH is 1. The Hall–Kier alpha value is -1.37. The van der Waals surface area contributed by atoms with E-state index in [1.54, 1.807) is 18.2 Å². The fourth-order valence-electron chi connectivity index (χ4n) is 2.02. The Kier molecular flexibility index (Phi) is 3.66. The number of hydrogen-bond donors (Lipinski definition) is 2. The van der Waals surface area contributed by atoms with Crippen molar-refractivity contribution in [3.63, 3.8) is 0 Å². The van der Waals surface area contributed by atoms with Gasteiger partial charge in [0.15, 0.2) is 6.10 Å². The zero-order valence-corrected chi connectivity index (χ0v) is 12.2. The molecule has 0 aromatic heterocycles. The average Bonchev–Trinajstić information content (AvgIpc) is 2.57. The lowest BCUT2D eigenvalue weighted by molar-refractivity contribution is -0.126. The summed E-state index contributed by atoms with van der Waals surface area (Å²) in [6, 6.07) is 6.89. The van der Waals surface area contributed by atoms with Crippen LogP contribution in [0.15, 0.2) is 24.3 Å². The minimum atomic E-state index is -1.32. The first-order valence-corrected chi connectivity index (χ1v) is 6.57. The number of nitrogens with two attached hydrogens (primary N) is 1. The van der Waals surface area contributed by atoms with E-state index in [2.05, 4.69) is 0 Å². The molecule has 2 rings (SSSR count). The molecule has 1 aliphatic heterocycles. The maximum absolute atomic E-state index is 11.0. The Bertz CT molecular complexity index is 514. The molecular weight excluding hydrogens is 257 g/mol. The molecule has 1 saturated heterocycles. The number of benzene rings is 1. The van der Waals surface area contributed by atoms with Crippen molar-refractivity contribution in [2.75, 3.05) is 0 Å². The second-order valence-electron chi connectivity index (χ2n) is 6.06. The van der Waals surface area contributed by atoms with Gasteiger partial charge in [0, 0.05) is 0 Å². The van der Waals surface area contributed by atoms with Gasteiger partial charge in [-0.05, 0) is 38.7 Å². The highest BCUT2D eigenvalue weighted by Crippen LogP contribution is 2.36. The van der Waals surface area contributed by atoms with Crippen LogP contribution in [-0.4, -0.2) is 29.3 Å². The molecule has 0 saturated carbocycles. The molecule has 1 aliphatic rings. The van der Waals surface area contributed by atoms with Crippen LogP contribution >= 0.6 is 0 Å². The number of hydrogen-bond acceptors (Lipinski definition) is 4. The van der Waals surface area contributed by atoms with Crippen LogP contribution in [0.1, 0.15) is 39.4 Å². The summed E-state index contributed by atoms with van der Waals surface area (Å²) in [5.74, 6) is -0.781. The van der Waals surface area contributed by atoms with Crippen LogP contribution in [0.3, 0.4) is 0 Å². The third-order valence-electron chi connectivity index (χ3n) is 4.02. The van der Waals surface area contributed by atoms with E-state index in [9.17, 15) is 9.90 Å². The van der Waals surface area contributed by atoms with Gasteiger partial charge in [-0.2, -0.15) is 0 Å². The van der Waals surface area contributed by atoms with Crippen molar-refractivity contribution in [2.45, 2.75) is 45.0 Å². The molecule has 1 atom stereocenters. The van der Waals surface area contributed by atoms with E-state index in [1.807, 2.05) is 33.8 Å². The molecule has 1 heterocycles. The zero-order chi connectivity index (χ0) is 15.1. The van der Waals surface area contributed by atoms with Crippen LogP contribution in [0, 0.1) is 0 Å². The van der Waals surface area contributed by atoms with Gasteiger partial charge in [-0.15, -0.1) is 0 Å². The molecule has 0 spiro atoms. The topological polar surface area (TPSA) is 81.8 Å². The van der Waals surface area contributed by atoms with Crippen molar-refractivity contribution >= 4 is 18.5 Å². The monoisotopic (exact) mass is 277 g/mol. The first kappa shape index (κ1) is 15.0. The molecule has 1 fully saturated rings. The molecule has 5 nitrogen and oxygen atoms in total. The van der Waals surface area contributed by atoms with E-state index < -0.39 is 30.3 Å². The Morgan fingerprint density at radius 2 is 1.80 bits per heavy atom. The van der Waals surface area contributed by atoms with Crippen molar-refractivity contribution in [1.29, 1.82) is 0 Å². The van der Waals surface area contributed by atoms with Gasteiger partial charge < -0.3 is 20.1 Å². The molecule has 1 aromatic rings. The Balaban J connectivity index is 2.28. The van der Waals surface area contributed by atoms with Gasteiger partial charge in [0.2, 0.25) is 0 Å². The van der Waals surface area contributed by atoms with Crippen molar-refractivity contribution < 1.29 is 19.2 Å². The maximum atomic E-state index is 11.0. The summed E-state index contributed by atoms with van der Waals surface area (Å²) in [6.07, 6.45) is -1.32. The second-order valence-corrected chi connectivity index (χ2v) is 6.06. The first-order valence-electron chi connectivity index (χ1n) is 6.57. The molecule has 0 radical (unpaired) electrons. The number of primary amides is 1. The summed E-state index contributed by atoms with van der Waals surface area (Å²) in [7, 11) is -0.528. The van der Waals surface area contributed by atoms with E-state index in [0.717, 1.165) is 5.46 Å². The molecule has 1 unspecified atom stereocenters. The lowest BCUT2D eigenvalue weighted by atomic mass is 9.78. The predicted molar refractivity (Wildman–Crippen MR) is 76.3 cm³/mol. The second kappa shape index (κ2) is 4.88. The summed E-state index contributed by atoms with van der Waals surface area (Å²) < 4.78 is 11.9. The van der Waals surface area contributed by atoms with Gasteiger partial charge in [-0.1, -0.05) is 24.3 Å². The minimum absolute atomic E-state index is 0.435. The molecule has 6 heteroatoms. The molecule has 0 aliphatic carbocycles. The standard InChI is InChI=1S/C14H20BNO4/c1-13(2)14(3,4)20-15(19-13)10-7-5-6-9(8-10)11(17)12(16)18/h5-8,11,17H,1-4H3,(H2,16,18). The quantitative estimate of drug-likeness (QED) is 0.788. The summed E-state index contributed by atoms with van der Waals surface area (Å²) in [5.41, 5.74) is 5.42. The molecule has 1 aromatic carbocycles. The van der Waals surface area contributed by atoms with Crippen LogP contribution in [-0.2, 0) is 14.1 Å². The van der Waals surface area contributed by atoms with Gasteiger partial charge >= 0.3 is 7.12 Å². The highest BCUT2D eigenvalue weighted by atomic mass is 16.7. The van der Waals surface area contributed by atoms with Crippen molar-refractivity contribution in [3.05, 3.63) is 29.8 Å². The van der Waals surface area contributed by atoms with Gasteiger partial charge in [0.1, 0.15) is 0 Å². The van der Waals surface area contributed by atoms with Crippen LogP contribution in [0.4, 0.5) is 0 Å². The molecular formula is C14H20BNO4. The third-order valence-corrected chi connectivity index (χ3v) is 4.02. The fraction of sp³-hybridized carbons (Fsp3) is 0.500. The molecule has 3 N–H and O–H groups in total. The number of carbonyl (C=O) groups is 1. The molecule has 108 valence electrons. The maximum Gasteiger partial charge on any atom is 0.494 e. The summed E-state index contributed by atoms with van der Waals surface area (Å²) >= 11 is 0. The lowest BCUT2D eigenvalue weighted by Crippen LogP contribution is -2.41. The summed E-state index contributed by atoms with van der Waals surface area (Å²) in [4.78, 5) is 11.0. The van der Waals surface area contributed by atoms with Crippen molar-refractivity contribution in [3.8, 4) is 0 Å². The highest BCUT2D eigenvalue weighted by molar-refractivity contribution is 6.62. The van der Waals surface area contributed by atoms with Crippen molar-refractivity contribution in [2.24, 2.45) is 5.73 Å². The van der Waals surface area contributed by atoms with E-state index in [4.69, 9.17) is 15.0 Å². The van der Waals surface area contributed by atoms with E-state index in [0.29, 0.717) is 5.56 Å². The predicted octanol–water partition coefficient (Wildman–Crippen LogP) is 0.504. The Morgan fingerprint density at radius 3 is 2.30 bits per heavy atom. The Labute approximate surface area is 119 Å². The lowest BCUT2D eigenvalue weighted by Gasteiger charge is -2.32. The van der Waals surface area contributed by atoms with Crippen LogP contribution in [0.25, 0.3) is 0 Å². The zero-order valence-electron chi connectivity index (χ0n) is 12.2. The van der Waals surface area contributed by atoms with Crippen LogP contribution in [0.2, 0.25) is 0 Å². The fourth-order valence-corrected chi connectivity index (χ4v) is 2.02. The summed E-state index contributed by atoms with van der Waals surface area (Å²) in [6.45, 7) is 7.87. The first-order chi connectivity index (χ1) is 9.14. The van der Waals surface area contributed by atoms with E-state index in [1.165, 1.54) is 0 Å². The van der Waals surface area contributed by atoms with E-state index in [-0.39, 0.29) is 0 Å². The highest BCUT2D eigenvalue weighted by Gasteiger charge is 2.51. The van der Waals surface area contributed by atoms with Gasteiger partial charge in [0.25, 0.3) is 5.91 Å². The Morgan fingerprint density at radius 1 is 1.25 bits per heavy atom. The number of aliphatic hydroxyl groups is 1. The molecule has 20 heavy (non-hydrogen) atoms. The minimum Gasteiger partial charge on any atom is -0.399 e. The SMILES string of the molecule is CC1(C)OB(c2cccc(C(O)C(N)=O)c2)OC1(C)C. The average molecular weight is 277 g/mol. The molecule has 0 bridgehead atoms. The van der Waals surface area contributed by atoms with E-state index >= 15 is 0 Å². The normalized spacial score (nSPS) is 21.8.